The van der Waals surface area contributed by atoms with Crippen molar-refractivity contribution in [2.75, 3.05) is 6.54 Å². The highest BCUT2D eigenvalue weighted by molar-refractivity contribution is 5.75. The number of aromatic nitrogens is 1. The van der Waals surface area contributed by atoms with Crippen LogP contribution in [0.15, 0.2) is 18.3 Å². The summed E-state index contributed by atoms with van der Waals surface area (Å²) in [5.41, 5.74) is 1.24. The first-order chi connectivity index (χ1) is 6.31. The summed E-state index contributed by atoms with van der Waals surface area (Å²) in [5, 5.41) is 0. The van der Waals surface area contributed by atoms with E-state index < -0.39 is 0 Å². The van der Waals surface area contributed by atoms with Crippen LogP contribution in [0.5, 0.6) is 0 Å². The molecule has 3 nitrogen and oxygen atoms in total. The van der Waals surface area contributed by atoms with Gasteiger partial charge in [0.1, 0.15) is 0 Å². The van der Waals surface area contributed by atoms with Gasteiger partial charge >= 0.3 is 0 Å². The maximum atomic E-state index is 11.4. The summed E-state index contributed by atoms with van der Waals surface area (Å²) in [4.78, 5) is 13.3. The summed E-state index contributed by atoms with van der Waals surface area (Å²) in [6.45, 7) is 4.48. The third-order valence-corrected chi connectivity index (χ3v) is 2.54. The van der Waals surface area contributed by atoms with Crippen LogP contribution in [-0.4, -0.2) is 21.9 Å². The Morgan fingerprint density at radius 3 is 3.15 bits per heavy atom. The summed E-state index contributed by atoms with van der Waals surface area (Å²) >= 11 is 0. The lowest BCUT2D eigenvalue weighted by atomic mass is 10.3. The molecule has 13 heavy (non-hydrogen) atoms. The molecular weight excluding hydrogens is 164 g/mol. The van der Waals surface area contributed by atoms with E-state index in [1.54, 1.807) is 0 Å². The van der Waals surface area contributed by atoms with E-state index in [-0.39, 0.29) is 5.91 Å². The number of rotatable bonds is 1. The Morgan fingerprint density at radius 1 is 1.54 bits per heavy atom. The zero-order valence-corrected chi connectivity index (χ0v) is 7.86. The zero-order chi connectivity index (χ0) is 9.26. The molecule has 2 heterocycles. The van der Waals surface area contributed by atoms with Gasteiger partial charge in [-0.25, -0.2) is 0 Å². The fourth-order valence-electron chi connectivity index (χ4n) is 1.75. The van der Waals surface area contributed by atoms with Crippen molar-refractivity contribution in [1.82, 2.24) is 9.47 Å². The number of carbonyl (C=O) groups is 1. The van der Waals surface area contributed by atoms with Crippen molar-refractivity contribution in [3.05, 3.63) is 24.0 Å². The van der Waals surface area contributed by atoms with Gasteiger partial charge in [0, 0.05) is 31.4 Å². The Labute approximate surface area is 78.0 Å². The van der Waals surface area contributed by atoms with Crippen molar-refractivity contribution in [3.63, 3.8) is 0 Å². The summed E-state index contributed by atoms with van der Waals surface area (Å²) in [6.07, 6.45) is 2.68. The molecule has 70 valence electrons. The van der Waals surface area contributed by atoms with Gasteiger partial charge in [0.25, 0.3) is 0 Å². The van der Waals surface area contributed by atoms with Gasteiger partial charge in [0.2, 0.25) is 5.91 Å². The SMILES string of the molecule is CCC(=O)N1CCn2cccc2C1. The molecule has 1 aliphatic heterocycles. The first-order valence-corrected chi connectivity index (χ1v) is 4.73. The first-order valence-electron chi connectivity index (χ1n) is 4.73. The second-order valence-electron chi connectivity index (χ2n) is 3.36. The first kappa shape index (κ1) is 8.35. The van der Waals surface area contributed by atoms with Crippen LogP contribution in [-0.2, 0) is 17.9 Å². The molecule has 0 bridgehead atoms. The van der Waals surface area contributed by atoms with E-state index in [1.165, 1.54) is 5.69 Å². The van der Waals surface area contributed by atoms with E-state index in [1.807, 2.05) is 17.9 Å². The molecule has 0 saturated heterocycles. The lowest BCUT2D eigenvalue weighted by Gasteiger charge is -2.28. The van der Waals surface area contributed by atoms with Crippen LogP contribution in [0.3, 0.4) is 0 Å². The third-order valence-electron chi connectivity index (χ3n) is 2.54. The van der Waals surface area contributed by atoms with Gasteiger partial charge in [-0.1, -0.05) is 6.92 Å². The van der Waals surface area contributed by atoms with Crippen LogP contribution in [0.4, 0.5) is 0 Å². The zero-order valence-electron chi connectivity index (χ0n) is 7.86. The molecule has 0 atom stereocenters. The second-order valence-corrected chi connectivity index (χ2v) is 3.36. The lowest BCUT2D eigenvalue weighted by Crippen LogP contribution is -2.37. The minimum atomic E-state index is 0.257. The van der Waals surface area contributed by atoms with Crippen molar-refractivity contribution in [1.29, 1.82) is 0 Å². The number of nitrogens with zero attached hydrogens (tertiary/aromatic N) is 2. The topological polar surface area (TPSA) is 25.2 Å². The standard InChI is InChI=1S/C10H14N2O/c1-2-10(13)12-7-6-11-5-3-4-9(11)8-12/h3-5H,2,6-8H2,1H3. The third kappa shape index (κ3) is 1.46. The van der Waals surface area contributed by atoms with E-state index in [9.17, 15) is 4.79 Å². The van der Waals surface area contributed by atoms with Crippen LogP contribution in [0.2, 0.25) is 0 Å². The number of amides is 1. The van der Waals surface area contributed by atoms with E-state index in [4.69, 9.17) is 0 Å². The van der Waals surface area contributed by atoms with Crippen molar-refractivity contribution in [2.45, 2.75) is 26.4 Å². The quantitative estimate of drug-likeness (QED) is 0.635. The summed E-state index contributed by atoms with van der Waals surface area (Å²) in [7, 11) is 0. The highest BCUT2D eigenvalue weighted by Gasteiger charge is 2.18. The molecule has 1 aromatic heterocycles. The highest BCUT2D eigenvalue weighted by atomic mass is 16.2. The Morgan fingerprint density at radius 2 is 2.38 bits per heavy atom. The summed E-state index contributed by atoms with van der Waals surface area (Å²) in [6, 6.07) is 4.12. The highest BCUT2D eigenvalue weighted by Crippen LogP contribution is 2.13. The van der Waals surface area contributed by atoms with E-state index in [0.29, 0.717) is 6.42 Å². The van der Waals surface area contributed by atoms with E-state index in [0.717, 1.165) is 19.6 Å². The average Bonchev–Trinajstić information content (AvgIpc) is 2.63. The molecule has 0 spiro atoms. The molecule has 0 fully saturated rings. The molecule has 0 aliphatic carbocycles. The molecule has 0 saturated carbocycles. The molecule has 1 aliphatic rings. The van der Waals surface area contributed by atoms with Crippen molar-refractivity contribution in [2.24, 2.45) is 0 Å². The van der Waals surface area contributed by atoms with E-state index in [2.05, 4.69) is 16.8 Å². The van der Waals surface area contributed by atoms with Crippen LogP contribution < -0.4 is 0 Å². The molecule has 2 rings (SSSR count). The molecule has 0 N–H and O–H groups in total. The van der Waals surface area contributed by atoms with Gasteiger partial charge < -0.3 is 9.47 Å². The summed E-state index contributed by atoms with van der Waals surface area (Å²) < 4.78 is 2.21. The average molecular weight is 178 g/mol. The van der Waals surface area contributed by atoms with Crippen LogP contribution >= 0.6 is 0 Å². The van der Waals surface area contributed by atoms with E-state index >= 15 is 0 Å². The predicted molar refractivity (Wildman–Crippen MR) is 50.1 cm³/mol. The number of hydrogen-bond acceptors (Lipinski definition) is 1. The monoisotopic (exact) mass is 178 g/mol. The van der Waals surface area contributed by atoms with Crippen LogP contribution in [0.1, 0.15) is 19.0 Å². The van der Waals surface area contributed by atoms with Gasteiger partial charge in [0.15, 0.2) is 0 Å². The smallest absolute Gasteiger partial charge is 0.222 e. The summed E-state index contributed by atoms with van der Waals surface area (Å²) in [5.74, 6) is 0.257. The van der Waals surface area contributed by atoms with Gasteiger partial charge in [-0.3, -0.25) is 4.79 Å². The van der Waals surface area contributed by atoms with Crippen molar-refractivity contribution in [3.8, 4) is 0 Å². The number of carbonyl (C=O) groups excluding carboxylic acids is 1. The van der Waals surface area contributed by atoms with Gasteiger partial charge in [0.05, 0.1) is 6.54 Å². The van der Waals surface area contributed by atoms with Gasteiger partial charge in [-0.2, -0.15) is 0 Å². The maximum absolute atomic E-state index is 11.4. The number of hydrogen-bond donors (Lipinski definition) is 0. The fraction of sp³-hybridized carbons (Fsp3) is 0.500. The molecule has 0 unspecified atom stereocenters. The Kier molecular flexibility index (Phi) is 2.08. The second kappa shape index (κ2) is 3.24. The van der Waals surface area contributed by atoms with Crippen molar-refractivity contribution < 1.29 is 4.79 Å². The van der Waals surface area contributed by atoms with Crippen LogP contribution in [0.25, 0.3) is 0 Å². The van der Waals surface area contributed by atoms with Crippen molar-refractivity contribution >= 4 is 5.91 Å². The largest absolute Gasteiger partial charge is 0.348 e. The normalized spacial score (nSPS) is 15.6. The van der Waals surface area contributed by atoms with Gasteiger partial charge in [-0.05, 0) is 12.1 Å². The predicted octanol–water partition coefficient (Wildman–Crippen LogP) is 1.24. The number of fused-ring (bicyclic) bond motifs is 1. The lowest BCUT2D eigenvalue weighted by molar-refractivity contribution is -0.132. The maximum Gasteiger partial charge on any atom is 0.222 e. The minimum Gasteiger partial charge on any atom is -0.348 e. The Hall–Kier alpha value is -1.25. The molecule has 0 aromatic carbocycles. The molecule has 3 heteroatoms. The Bertz CT molecular complexity index is 316. The molecule has 0 radical (unpaired) electrons. The minimum absolute atomic E-state index is 0.257. The van der Waals surface area contributed by atoms with Gasteiger partial charge in [-0.15, -0.1) is 0 Å². The Balaban J connectivity index is 2.13. The van der Waals surface area contributed by atoms with Crippen LogP contribution in [0, 0.1) is 0 Å². The fourth-order valence-corrected chi connectivity index (χ4v) is 1.75. The molecule has 1 aromatic rings. The molecule has 1 amide bonds. The molecular formula is C10H14N2O.